The van der Waals surface area contributed by atoms with Crippen LogP contribution in [0.3, 0.4) is 0 Å². The average molecular weight is 728 g/mol. The van der Waals surface area contributed by atoms with E-state index in [4.69, 9.17) is 30.4 Å². The molecule has 1 amide bonds. The van der Waals surface area contributed by atoms with Crippen molar-refractivity contribution in [2.75, 3.05) is 17.7 Å². The molecule has 0 aliphatic heterocycles. The van der Waals surface area contributed by atoms with E-state index in [0.29, 0.717) is 39.9 Å². The number of benzene rings is 2. The quantitative estimate of drug-likeness (QED) is 0.138. The third kappa shape index (κ3) is 7.45. The van der Waals surface area contributed by atoms with Gasteiger partial charge in [0.15, 0.2) is 17.0 Å². The zero-order valence-corrected chi connectivity index (χ0v) is 32.1. The Kier molecular flexibility index (Phi) is 10.1. The molecule has 3 N–H and O–H groups in total. The molecule has 278 valence electrons. The molecule has 13 nitrogen and oxygen atoms in total. The molecular formula is C41H45N9O4. The molecule has 1 atom stereocenters. The molecule has 0 aliphatic carbocycles. The molecule has 6 rings (SSSR count). The first-order valence-corrected chi connectivity index (χ1v) is 18.0. The van der Waals surface area contributed by atoms with Crippen molar-refractivity contribution >= 4 is 45.5 Å². The second-order valence-corrected chi connectivity index (χ2v) is 14.8. The number of ether oxygens (including phenoxy) is 2. The van der Waals surface area contributed by atoms with Gasteiger partial charge in [-0.1, -0.05) is 39.0 Å². The minimum absolute atomic E-state index is 0.0198. The number of nitrogens with two attached hydrogens (primary N) is 1. The number of anilines is 2. The van der Waals surface area contributed by atoms with Crippen molar-refractivity contribution in [3.63, 3.8) is 0 Å². The number of nitrogen functional groups attached to an aromatic ring is 1. The van der Waals surface area contributed by atoms with Crippen molar-refractivity contribution in [1.82, 2.24) is 29.5 Å². The first-order chi connectivity index (χ1) is 25.6. The molecular weight excluding hydrogens is 683 g/mol. The number of nitrogens with zero attached hydrogens (tertiary/aromatic N) is 7. The summed E-state index contributed by atoms with van der Waals surface area (Å²) >= 11 is 0. The minimum Gasteiger partial charge on any atom is -0.461 e. The number of amides is 1. The number of hydrogen-bond donors (Lipinski definition) is 2. The molecule has 0 saturated heterocycles. The Balaban J connectivity index is 1.39. The molecule has 13 heteroatoms. The third-order valence-corrected chi connectivity index (χ3v) is 8.95. The monoisotopic (exact) mass is 727 g/mol. The van der Waals surface area contributed by atoms with E-state index in [-0.39, 0.29) is 29.8 Å². The molecule has 0 saturated carbocycles. The summed E-state index contributed by atoms with van der Waals surface area (Å²) in [4.78, 5) is 34.9. The van der Waals surface area contributed by atoms with Gasteiger partial charge in [0.25, 0.3) is 0 Å². The lowest BCUT2D eigenvalue weighted by molar-refractivity contribution is 0.0519. The molecule has 0 bridgehead atoms. The number of esters is 1. The Morgan fingerprint density at radius 1 is 0.926 bits per heavy atom. The van der Waals surface area contributed by atoms with Crippen LogP contribution < -0.4 is 11.1 Å². The zero-order valence-electron chi connectivity index (χ0n) is 32.1. The predicted octanol–water partition coefficient (Wildman–Crippen LogP) is 8.22. The Bertz CT molecular complexity index is 2470. The van der Waals surface area contributed by atoms with E-state index in [9.17, 15) is 14.9 Å². The van der Waals surface area contributed by atoms with Crippen LogP contribution in [0.4, 0.5) is 16.2 Å². The Hall–Kier alpha value is -6.29. The second kappa shape index (κ2) is 14.6. The molecule has 0 aliphatic rings. The highest BCUT2D eigenvalue weighted by molar-refractivity contribution is 6.00. The molecule has 0 fully saturated rings. The summed E-state index contributed by atoms with van der Waals surface area (Å²) in [6, 6.07) is 19.2. The second-order valence-electron chi connectivity index (χ2n) is 14.8. The van der Waals surface area contributed by atoms with Gasteiger partial charge in [-0.3, -0.25) is 5.32 Å². The van der Waals surface area contributed by atoms with Gasteiger partial charge in [0.05, 0.1) is 45.8 Å². The number of aromatic nitrogens is 6. The van der Waals surface area contributed by atoms with E-state index in [1.54, 1.807) is 49.2 Å². The normalized spacial score (nSPS) is 12.2. The van der Waals surface area contributed by atoms with E-state index in [1.165, 1.54) is 0 Å². The van der Waals surface area contributed by atoms with Gasteiger partial charge in [0, 0.05) is 11.6 Å². The van der Waals surface area contributed by atoms with Crippen LogP contribution in [-0.2, 0) is 15.9 Å². The summed E-state index contributed by atoms with van der Waals surface area (Å²) in [7, 11) is 0. The maximum absolute atomic E-state index is 12.8. The maximum atomic E-state index is 12.8. The number of carbonyl (C=O) groups is 2. The summed E-state index contributed by atoms with van der Waals surface area (Å²) in [6.07, 6.45) is -0.00709. The van der Waals surface area contributed by atoms with Crippen molar-refractivity contribution in [1.29, 1.82) is 5.26 Å². The number of nitrogens with one attached hydrogen (secondary N) is 1. The zero-order chi connectivity index (χ0) is 39.1. The van der Waals surface area contributed by atoms with E-state index in [1.807, 2.05) is 64.1 Å². The molecule has 54 heavy (non-hydrogen) atoms. The van der Waals surface area contributed by atoms with E-state index in [0.717, 1.165) is 39.5 Å². The standard InChI is InChI=1S/C41H45N9O4/c1-10-53-39(51)32-20-30(43)33-36(48-49(37(33)45-32)28-13-11-12-23(4)16-28)25(6)17-26-14-15-29(18-24(26)5)50-38-34(35(47-50)22(2)3)31(19-27(21-42)44-38)46-40(52)54-41(7,8)9/h11-16,18-20,22,25H,10,17H2,1-9H3,(H2,43,45)(H,44,46,52). The van der Waals surface area contributed by atoms with Crippen molar-refractivity contribution in [3.05, 3.63) is 94.1 Å². The van der Waals surface area contributed by atoms with Crippen LogP contribution in [0, 0.1) is 25.2 Å². The average Bonchev–Trinajstić information content (AvgIpc) is 3.69. The molecule has 0 spiro atoms. The Morgan fingerprint density at radius 2 is 1.61 bits per heavy atom. The lowest BCUT2D eigenvalue weighted by atomic mass is 9.93. The maximum Gasteiger partial charge on any atom is 0.412 e. The van der Waals surface area contributed by atoms with Crippen LogP contribution in [0.5, 0.6) is 0 Å². The number of hydrogen-bond acceptors (Lipinski definition) is 10. The highest BCUT2D eigenvalue weighted by atomic mass is 16.6. The summed E-state index contributed by atoms with van der Waals surface area (Å²) in [5.74, 6) is -0.665. The first kappa shape index (κ1) is 37.5. The number of aryl methyl sites for hydroxylation is 2. The van der Waals surface area contributed by atoms with Crippen LogP contribution in [-0.4, -0.2) is 53.8 Å². The van der Waals surface area contributed by atoms with Gasteiger partial charge >= 0.3 is 12.1 Å². The Labute approximate surface area is 314 Å². The lowest BCUT2D eigenvalue weighted by Crippen LogP contribution is -2.27. The molecule has 2 aromatic carbocycles. The molecule has 1 unspecified atom stereocenters. The van der Waals surface area contributed by atoms with Gasteiger partial charge in [0.2, 0.25) is 0 Å². The molecule has 4 heterocycles. The van der Waals surface area contributed by atoms with Crippen molar-refractivity contribution in [2.45, 2.75) is 86.2 Å². The van der Waals surface area contributed by atoms with Crippen LogP contribution >= 0.6 is 0 Å². The van der Waals surface area contributed by atoms with Crippen LogP contribution in [0.25, 0.3) is 33.4 Å². The molecule has 6 aromatic rings. The molecule has 0 radical (unpaired) electrons. The number of pyridine rings is 2. The fourth-order valence-corrected chi connectivity index (χ4v) is 6.53. The van der Waals surface area contributed by atoms with Gasteiger partial charge < -0.3 is 15.2 Å². The summed E-state index contributed by atoms with van der Waals surface area (Å²) in [5, 5.41) is 24.0. The summed E-state index contributed by atoms with van der Waals surface area (Å²) < 4.78 is 14.2. The topological polar surface area (TPSA) is 176 Å². The van der Waals surface area contributed by atoms with Crippen LogP contribution in [0.2, 0.25) is 0 Å². The largest absolute Gasteiger partial charge is 0.461 e. The fourth-order valence-electron chi connectivity index (χ4n) is 6.53. The SMILES string of the molecule is CCOC(=O)c1cc(N)c2c(C(C)Cc3ccc(-n4nc(C(C)C)c5c(NC(=O)OC(C)(C)C)cc(C#N)nc54)cc3C)nn(-c3cccc(C)c3)c2n1. The van der Waals surface area contributed by atoms with E-state index < -0.39 is 17.7 Å². The fraction of sp³-hybridized carbons (Fsp3) is 0.341. The first-order valence-electron chi connectivity index (χ1n) is 18.0. The van der Waals surface area contributed by atoms with Crippen LogP contribution in [0.1, 0.15) is 105 Å². The van der Waals surface area contributed by atoms with E-state index >= 15 is 0 Å². The lowest BCUT2D eigenvalue weighted by Gasteiger charge is -2.20. The van der Waals surface area contributed by atoms with Gasteiger partial charge in [-0.25, -0.2) is 28.9 Å². The van der Waals surface area contributed by atoms with E-state index in [2.05, 4.69) is 29.4 Å². The number of carbonyl (C=O) groups excluding carboxylic acids is 2. The highest BCUT2D eigenvalue weighted by Gasteiger charge is 2.26. The van der Waals surface area contributed by atoms with Gasteiger partial charge in [-0.15, -0.1) is 0 Å². The van der Waals surface area contributed by atoms with Gasteiger partial charge in [0.1, 0.15) is 17.4 Å². The van der Waals surface area contributed by atoms with Gasteiger partial charge in [-0.05, 0) is 107 Å². The number of fused-ring (bicyclic) bond motifs is 2. The van der Waals surface area contributed by atoms with Crippen LogP contribution in [0.15, 0.2) is 54.6 Å². The van der Waals surface area contributed by atoms with Crippen molar-refractivity contribution in [3.8, 4) is 17.4 Å². The minimum atomic E-state index is -0.707. The van der Waals surface area contributed by atoms with Crippen molar-refractivity contribution < 1.29 is 19.1 Å². The summed E-state index contributed by atoms with van der Waals surface area (Å²) in [5.41, 5.74) is 14.1. The third-order valence-electron chi connectivity index (χ3n) is 8.95. The number of rotatable bonds is 9. The Morgan fingerprint density at radius 3 is 2.24 bits per heavy atom. The van der Waals surface area contributed by atoms with Gasteiger partial charge in [-0.2, -0.15) is 15.5 Å². The summed E-state index contributed by atoms with van der Waals surface area (Å²) in [6.45, 7) is 17.5. The predicted molar refractivity (Wildman–Crippen MR) is 208 cm³/mol. The number of nitriles is 1. The smallest absolute Gasteiger partial charge is 0.412 e. The molecule has 4 aromatic heterocycles. The highest BCUT2D eigenvalue weighted by Crippen LogP contribution is 2.36. The van der Waals surface area contributed by atoms with Crippen molar-refractivity contribution in [2.24, 2.45) is 0 Å².